The molecular formula is C22H16Cl2F3N3O3S. The number of carbonyl (C=O) groups is 1. The maximum Gasteiger partial charge on any atom is 0.416 e. The van der Waals surface area contributed by atoms with E-state index in [-0.39, 0.29) is 26.2 Å². The fourth-order valence-corrected chi connectivity index (χ4v) is 4.75. The zero-order valence-electron chi connectivity index (χ0n) is 17.1. The molecule has 0 saturated heterocycles. The first-order valence-corrected chi connectivity index (χ1v) is 11.7. The highest BCUT2D eigenvalue weighted by atomic mass is 35.5. The number of rotatable bonds is 7. The minimum absolute atomic E-state index is 0.0324. The van der Waals surface area contributed by atoms with Gasteiger partial charge in [0.1, 0.15) is 6.54 Å². The van der Waals surface area contributed by atoms with Crippen LogP contribution in [0.2, 0.25) is 10.0 Å². The first-order valence-electron chi connectivity index (χ1n) is 9.51. The lowest BCUT2D eigenvalue weighted by atomic mass is 10.1. The molecule has 178 valence electrons. The van der Waals surface area contributed by atoms with E-state index >= 15 is 0 Å². The highest BCUT2D eigenvalue weighted by Crippen LogP contribution is 2.35. The van der Waals surface area contributed by atoms with E-state index in [9.17, 15) is 26.4 Å². The Kier molecular flexibility index (Phi) is 7.86. The number of hydrogen-bond donors (Lipinski definition) is 1. The molecule has 0 fully saturated rings. The Hall–Kier alpha value is -3.08. The Morgan fingerprint density at radius 3 is 2.35 bits per heavy atom. The van der Waals surface area contributed by atoms with E-state index in [2.05, 4.69) is 10.5 Å². The number of hydrogen-bond acceptors (Lipinski definition) is 4. The largest absolute Gasteiger partial charge is 0.416 e. The van der Waals surface area contributed by atoms with Crippen LogP contribution in [0.15, 0.2) is 82.8 Å². The molecule has 0 saturated carbocycles. The number of halogens is 5. The van der Waals surface area contributed by atoms with E-state index in [4.69, 9.17) is 23.2 Å². The zero-order valence-corrected chi connectivity index (χ0v) is 19.5. The second kappa shape index (κ2) is 10.5. The molecule has 12 heteroatoms. The Labute approximate surface area is 203 Å². The van der Waals surface area contributed by atoms with Gasteiger partial charge in [-0.1, -0.05) is 59.6 Å². The van der Waals surface area contributed by atoms with E-state index in [0.717, 1.165) is 22.7 Å². The van der Waals surface area contributed by atoms with Crippen molar-refractivity contribution < 1.29 is 26.4 Å². The van der Waals surface area contributed by atoms with Gasteiger partial charge in [-0.3, -0.25) is 9.10 Å². The van der Waals surface area contributed by atoms with Gasteiger partial charge in [0.2, 0.25) is 0 Å². The number of nitrogens with zero attached hydrogens (tertiary/aromatic N) is 2. The number of anilines is 1. The zero-order chi connectivity index (χ0) is 24.9. The molecule has 0 unspecified atom stereocenters. The molecule has 3 aromatic rings. The molecule has 3 rings (SSSR count). The van der Waals surface area contributed by atoms with Crippen molar-refractivity contribution in [2.45, 2.75) is 11.1 Å². The van der Waals surface area contributed by atoms with Crippen LogP contribution in [0, 0.1) is 0 Å². The Bertz CT molecular complexity index is 1320. The molecule has 0 aliphatic rings. The summed E-state index contributed by atoms with van der Waals surface area (Å²) >= 11 is 12.2. The summed E-state index contributed by atoms with van der Waals surface area (Å²) in [5, 5.41) is 3.63. The average Bonchev–Trinajstić information content (AvgIpc) is 2.80. The van der Waals surface area contributed by atoms with Gasteiger partial charge in [0, 0.05) is 0 Å². The predicted molar refractivity (Wildman–Crippen MR) is 125 cm³/mol. The monoisotopic (exact) mass is 529 g/mol. The summed E-state index contributed by atoms with van der Waals surface area (Å²) in [5.74, 6) is -0.862. The van der Waals surface area contributed by atoms with Crippen LogP contribution in [-0.2, 0) is 21.0 Å². The van der Waals surface area contributed by atoms with Crippen molar-refractivity contribution in [1.82, 2.24) is 5.43 Å². The summed E-state index contributed by atoms with van der Waals surface area (Å²) in [6, 6.07) is 16.0. The van der Waals surface area contributed by atoms with Crippen LogP contribution >= 0.6 is 23.2 Å². The van der Waals surface area contributed by atoms with Gasteiger partial charge in [-0.2, -0.15) is 18.3 Å². The number of carbonyl (C=O) groups excluding carboxylic acids is 1. The van der Waals surface area contributed by atoms with Crippen molar-refractivity contribution in [3.8, 4) is 0 Å². The van der Waals surface area contributed by atoms with Crippen LogP contribution in [0.4, 0.5) is 18.9 Å². The Morgan fingerprint density at radius 1 is 1.00 bits per heavy atom. The third kappa shape index (κ3) is 6.07. The van der Waals surface area contributed by atoms with Crippen LogP contribution in [0.1, 0.15) is 11.1 Å². The van der Waals surface area contributed by atoms with Crippen molar-refractivity contribution in [3.63, 3.8) is 0 Å². The molecule has 1 N–H and O–H groups in total. The molecule has 1 amide bonds. The van der Waals surface area contributed by atoms with Gasteiger partial charge in [0.05, 0.1) is 32.4 Å². The second-order valence-corrected chi connectivity index (χ2v) is 9.46. The Balaban J connectivity index is 1.85. The van der Waals surface area contributed by atoms with Gasteiger partial charge in [0.15, 0.2) is 0 Å². The summed E-state index contributed by atoms with van der Waals surface area (Å²) in [7, 11) is -4.24. The first-order chi connectivity index (χ1) is 16.0. The van der Waals surface area contributed by atoms with Crippen molar-refractivity contribution in [2.24, 2.45) is 5.10 Å². The van der Waals surface area contributed by atoms with E-state index in [1.165, 1.54) is 54.6 Å². The molecule has 0 aliphatic carbocycles. The molecule has 0 heterocycles. The molecule has 0 aliphatic heterocycles. The van der Waals surface area contributed by atoms with Crippen LogP contribution in [0.25, 0.3) is 0 Å². The van der Waals surface area contributed by atoms with Gasteiger partial charge >= 0.3 is 6.18 Å². The molecule has 0 atom stereocenters. The quantitative estimate of drug-likeness (QED) is 0.330. The minimum atomic E-state index is -4.53. The minimum Gasteiger partial charge on any atom is -0.271 e. The smallest absolute Gasteiger partial charge is 0.271 e. The summed E-state index contributed by atoms with van der Waals surface area (Å²) in [5.41, 5.74) is 1.29. The highest BCUT2D eigenvalue weighted by molar-refractivity contribution is 7.92. The van der Waals surface area contributed by atoms with Crippen LogP contribution in [0.5, 0.6) is 0 Å². The summed E-state index contributed by atoms with van der Waals surface area (Å²) in [6.07, 6.45) is -3.52. The molecule has 0 bridgehead atoms. The molecule has 0 aromatic heterocycles. The van der Waals surface area contributed by atoms with Crippen molar-refractivity contribution in [2.75, 3.05) is 10.8 Å². The van der Waals surface area contributed by atoms with Crippen LogP contribution in [-0.4, -0.2) is 27.1 Å². The first kappa shape index (κ1) is 25.5. The van der Waals surface area contributed by atoms with E-state index in [0.29, 0.717) is 0 Å². The third-order valence-corrected chi connectivity index (χ3v) is 7.02. The van der Waals surface area contributed by atoms with Gasteiger partial charge in [-0.15, -0.1) is 0 Å². The second-order valence-electron chi connectivity index (χ2n) is 6.81. The fraction of sp³-hybridized carbons (Fsp3) is 0.0909. The number of nitrogens with one attached hydrogen (secondary N) is 1. The maximum atomic E-state index is 13.3. The number of benzene rings is 3. The lowest BCUT2D eigenvalue weighted by molar-refractivity contribution is -0.137. The fourth-order valence-electron chi connectivity index (χ4n) is 2.84. The van der Waals surface area contributed by atoms with Gasteiger partial charge < -0.3 is 0 Å². The number of sulfonamides is 1. The SMILES string of the molecule is O=C(CN(c1cccc(Cl)c1Cl)S(=O)(=O)c1ccccc1)N/N=C\c1cccc(C(F)(F)F)c1. The predicted octanol–water partition coefficient (Wildman–Crippen LogP) is 5.36. The van der Waals surface area contributed by atoms with Crippen LogP contribution < -0.4 is 9.73 Å². The standard InChI is InChI=1S/C22H16Cl2F3N3O3S/c23-18-10-5-11-19(21(18)24)30(34(32,33)17-8-2-1-3-9-17)14-20(31)29-28-13-15-6-4-7-16(12-15)22(25,26)27/h1-13H,14H2,(H,29,31)/b28-13-. The van der Waals surface area contributed by atoms with Gasteiger partial charge in [-0.25, -0.2) is 13.8 Å². The lowest BCUT2D eigenvalue weighted by Crippen LogP contribution is -2.39. The molecule has 34 heavy (non-hydrogen) atoms. The van der Waals surface area contributed by atoms with Crippen molar-refractivity contribution in [1.29, 1.82) is 0 Å². The van der Waals surface area contributed by atoms with Crippen LogP contribution in [0.3, 0.4) is 0 Å². The summed E-state index contributed by atoms with van der Waals surface area (Å²) < 4.78 is 65.8. The number of hydrazone groups is 1. The van der Waals surface area contributed by atoms with Gasteiger partial charge in [-0.05, 0) is 42.0 Å². The average molecular weight is 530 g/mol. The topological polar surface area (TPSA) is 78.8 Å². The molecular weight excluding hydrogens is 514 g/mol. The van der Waals surface area contributed by atoms with Gasteiger partial charge in [0.25, 0.3) is 15.9 Å². The van der Waals surface area contributed by atoms with E-state index in [1.54, 1.807) is 6.07 Å². The molecule has 6 nitrogen and oxygen atoms in total. The normalized spacial score (nSPS) is 12.0. The maximum absolute atomic E-state index is 13.3. The molecule has 3 aromatic carbocycles. The highest BCUT2D eigenvalue weighted by Gasteiger charge is 2.30. The van der Waals surface area contributed by atoms with E-state index in [1.807, 2.05) is 0 Å². The molecule has 0 radical (unpaired) electrons. The number of amides is 1. The van der Waals surface area contributed by atoms with Crippen molar-refractivity contribution in [3.05, 3.63) is 94.0 Å². The number of alkyl halides is 3. The molecule has 0 spiro atoms. The summed E-state index contributed by atoms with van der Waals surface area (Å²) in [6.45, 7) is -0.725. The van der Waals surface area contributed by atoms with Crippen molar-refractivity contribution >= 4 is 51.0 Å². The third-order valence-electron chi connectivity index (χ3n) is 4.44. The Morgan fingerprint density at radius 2 is 1.68 bits per heavy atom. The summed E-state index contributed by atoms with van der Waals surface area (Å²) in [4.78, 5) is 12.4. The lowest BCUT2D eigenvalue weighted by Gasteiger charge is -2.24. The van der Waals surface area contributed by atoms with E-state index < -0.39 is 34.2 Å².